The van der Waals surface area contributed by atoms with E-state index in [4.69, 9.17) is 34.8 Å². The maximum absolute atomic E-state index is 13.3. The molecule has 2 aromatic carbocycles. The molecule has 0 radical (unpaired) electrons. The molecule has 0 unspecified atom stereocenters. The third-order valence-corrected chi connectivity index (χ3v) is 5.54. The van der Waals surface area contributed by atoms with Crippen molar-refractivity contribution in [1.82, 2.24) is 5.32 Å². The quantitative estimate of drug-likeness (QED) is 0.469. The van der Waals surface area contributed by atoms with Gasteiger partial charge in [0.1, 0.15) is 6.54 Å². The van der Waals surface area contributed by atoms with Crippen molar-refractivity contribution in [2.75, 3.05) is 0 Å². The number of alkyl halides is 3. The molecule has 0 saturated heterocycles. The molecule has 0 aliphatic heterocycles. The van der Waals surface area contributed by atoms with Gasteiger partial charge in [0.2, 0.25) is 12.1 Å². The molecule has 152 valence electrons. The van der Waals surface area contributed by atoms with E-state index in [1.165, 1.54) is 0 Å². The molecule has 0 aromatic heterocycles. The summed E-state index contributed by atoms with van der Waals surface area (Å²) in [6.45, 7) is 0.582. The number of hydrogen-bond donors (Lipinski definition) is 2. The van der Waals surface area contributed by atoms with E-state index in [0.29, 0.717) is 6.54 Å². The van der Waals surface area contributed by atoms with E-state index in [1.54, 1.807) is 0 Å². The molecule has 0 spiro atoms. The van der Waals surface area contributed by atoms with E-state index in [9.17, 15) is 4.79 Å². The largest absolute Gasteiger partial charge is 0.319 e. The predicted molar refractivity (Wildman–Crippen MR) is 120 cm³/mol. The van der Waals surface area contributed by atoms with Crippen LogP contribution in [0, 0.1) is 0 Å². The molecular weight excluding hydrogens is 427 g/mol. The van der Waals surface area contributed by atoms with Crippen molar-refractivity contribution in [3.8, 4) is 0 Å². The Morgan fingerprint density at radius 3 is 2.24 bits per heavy atom. The number of allylic oxidation sites excluding steroid dienone is 3. The molecule has 2 atom stereocenters. The fraction of sp³-hybridized carbons (Fsp3) is 0.261. The van der Waals surface area contributed by atoms with Crippen molar-refractivity contribution >= 4 is 40.7 Å². The van der Waals surface area contributed by atoms with Gasteiger partial charge in [0.05, 0.1) is 5.92 Å². The highest BCUT2D eigenvalue weighted by molar-refractivity contribution is 6.68. The first kappa shape index (κ1) is 21.9. The van der Waals surface area contributed by atoms with Crippen LogP contribution < -0.4 is 10.6 Å². The third-order valence-electron chi connectivity index (χ3n) is 4.83. The molecule has 0 bridgehead atoms. The van der Waals surface area contributed by atoms with Crippen LogP contribution in [0.4, 0.5) is 0 Å². The third kappa shape index (κ3) is 6.35. The molecule has 3 rings (SSSR count). The summed E-state index contributed by atoms with van der Waals surface area (Å²) in [5.74, 6) is -0.637. The van der Waals surface area contributed by atoms with Gasteiger partial charge >= 0.3 is 0 Å². The highest BCUT2D eigenvalue weighted by Gasteiger charge is 2.39. The lowest BCUT2D eigenvalue weighted by Gasteiger charge is -2.27. The van der Waals surface area contributed by atoms with E-state index < -0.39 is 15.9 Å². The minimum atomic E-state index is -1.65. The smallest absolute Gasteiger partial charge is 0.262 e. The van der Waals surface area contributed by atoms with Crippen molar-refractivity contribution in [3.63, 3.8) is 0 Å². The van der Waals surface area contributed by atoms with Crippen LogP contribution >= 0.6 is 34.8 Å². The van der Waals surface area contributed by atoms with Gasteiger partial charge in [-0.1, -0.05) is 114 Å². The van der Waals surface area contributed by atoms with Gasteiger partial charge in [-0.05, 0) is 24.0 Å². The number of carbonyl (C=O) groups is 1. The minimum Gasteiger partial charge on any atom is -0.319 e. The Morgan fingerprint density at radius 1 is 1.00 bits per heavy atom. The highest BCUT2D eigenvalue weighted by atomic mass is 35.6. The first-order valence-electron chi connectivity index (χ1n) is 9.61. The summed E-state index contributed by atoms with van der Waals surface area (Å²) in [7, 11) is 0. The molecule has 0 heterocycles. The first-order chi connectivity index (χ1) is 13.9. The number of benzene rings is 2. The summed E-state index contributed by atoms with van der Waals surface area (Å²) in [6.07, 6.45) is 7.38. The molecule has 0 saturated carbocycles. The molecule has 1 amide bonds. The zero-order valence-corrected chi connectivity index (χ0v) is 18.2. The molecule has 1 aliphatic carbocycles. The maximum Gasteiger partial charge on any atom is 0.262 e. The number of nitrogens with two attached hydrogens (primary N) is 1. The van der Waals surface area contributed by atoms with Gasteiger partial charge in [-0.25, -0.2) is 0 Å². The van der Waals surface area contributed by atoms with Gasteiger partial charge in [0, 0.05) is 5.56 Å². The monoisotopic (exact) mass is 449 g/mol. The van der Waals surface area contributed by atoms with Gasteiger partial charge in [0.25, 0.3) is 3.79 Å². The van der Waals surface area contributed by atoms with Crippen molar-refractivity contribution in [2.45, 2.75) is 35.3 Å². The van der Waals surface area contributed by atoms with Crippen LogP contribution in [-0.4, -0.2) is 15.9 Å². The van der Waals surface area contributed by atoms with Crippen LogP contribution in [0.2, 0.25) is 0 Å². The Hall–Kier alpha value is -1.78. The van der Waals surface area contributed by atoms with E-state index in [1.807, 2.05) is 72.1 Å². The summed E-state index contributed by atoms with van der Waals surface area (Å²) < 4.78 is -1.65. The summed E-state index contributed by atoms with van der Waals surface area (Å²) >= 11 is 18.6. The van der Waals surface area contributed by atoms with Crippen molar-refractivity contribution in [3.05, 3.63) is 95.6 Å². The van der Waals surface area contributed by atoms with Crippen LogP contribution in [0.15, 0.2) is 84.5 Å². The molecule has 3 N–H and O–H groups in total. The second-order valence-corrected chi connectivity index (χ2v) is 9.35. The van der Waals surface area contributed by atoms with Crippen LogP contribution in [-0.2, 0) is 11.3 Å². The van der Waals surface area contributed by atoms with E-state index in [0.717, 1.165) is 29.5 Å². The van der Waals surface area contributed by atoms with Crippen molar-refractivity contribution in [2.24, 2.45) is 0 Å². The van der Waals surface area contributed by atoms with Gasteiger partial charge in [-0.2, -0.15) is 0 Å². The van der Waals surface area contributed by atoms with Crippen LogP contribution in [0.1, 0.15) is 29.9 Å². The number of carbonyl (C=O) groups excluding carboxylic acids is 1. The van der Waals surface area contributed by atoms with Crippen LogP contribution in [0.3, 0.4) is 0 Å². The second-order valence-electron chi connectivity index (χ2n) is 6.98. The number of quaternary nitrogens is 1. The van der Waals surface area contributed by atoms with Gasteiger partial charge in [-0.15, -0.1) is 0 Å². The molecular formula is C23H24Cl3N2O+. The zero-order valence-electron chi connectivity index (χ0n) is 15.9. The standard InChI is InChI=1S/C23H23Cl3N2O/c24-23(25,26)22(27-16-17-10-4-1-5-11-17)28-21(29)20(18-12-6-2-7-13-18)19-14-8-3-9-15-19/h1-2,4-8,10-15,20,22,27H,3,9,16H2,(H,28,29)/p+1/t20-,22+/m0/s1. The first-order valence-corrected chi connectivity index (χ1v) is 10.7. The van der Waals surface area contributed by atoms with Gasteiger partial charge in [0.15, 0.2) is 0 Å². The minimum absolute atomic E-state index is 0.186. The molecule has 0 fully saturated rings. The molecule has 3 nitrogen and oxygen atoms in total. The van der Waals surface area contributed by atoms with E-state index >= 15 is 0 Å². The molecule has 1 aliphatic rings. The SMILES string of the molecule is O=C(N[C@@H]([NH2+]Cc1ccccc1)C(Cl)(Cl)Cl)[C@H](C1=CCCC=C1)c1ccccc1. The molecule has 6 heteroatoms. The lowest BCUT2D eigenvalue weighted by atomic mass is 9.87. The lowest BCUT2D eigenvalue weighted by Crippen LogP contribution is -2.95. The topological polar surface area (TPSA) is 45.7 Å². The summed E-state index contributed by atoms with van der Waals surface area (Å²) in [4.78, 5) is 13.3. The van der Waals surface area contributed by atoms with Gasteiger partial charge in [-0.3, -0.25) is 4.79 Å². The number of halogens is 3. The number of hydrogen-bond acceptors (Lipinski definition) is 1. The normalized spacial score (nSPS) is 16.0. The molecule has 29 heavy (non-hydrogen) atoms. The lowest BCUT2D eigenvalue weighted by molar-refractivity contribution is -0.707. The number of amides is 1. The zero-order chi connectivity index (χ0) is 20.7. The Kier molecular flexibility index (Phi) is 7.79. The highest BCUT2D eigenvalue weighted by Crippen LogP contribution is 2.31. The second kappa shape index (κ2) is 10.3. The Labute approximate surface area is 186 Å². The predicted octanol–water partition coefficient (Wildman–Crippen LogP) is 4.62. The number of nitrogens with one attached hydrogen (secondary N) is 1. The fourth-order valence-corrected chi connectivity index (χ4v) is 3.80. The van der Waals surface area contributed by atoms with E-state index in [-0.39, 0.29) is 5.91 Å². The van der Waals surface area contributed by atoms with Crippen LogP contribution in [0.5, 0.6) is 0 Å². The number of rotatable bonds is 7. The van der Waals surface area contributed by atoms with Crippen LogP contribution in [0.25, 0.3) is 0 Å². The van der Waals surface area contributed by atoms with Crippen molar-refractivity contribution < 1.29 is 10.1 Å². The Balaban J connectivity index is 1.79. The summed E-state index contributed by atoms with van der Waals surface area (Å²) in [6, 6.07) is 19.6. The average Bonchev–Trinajstić information content (AvgIpc) is 2.73. The summed E-state index contributed by atoms with van der Waals surface area (Å²) in [5, 5.41) is 4.80. The average molecular weight is 451 g/mol. The fourth-order valence-electron chi connectivity index (χ4n) is 3.37. The Morgan fingerprint density at radius 2 is 1.66 bits per heavy atom. The van der Waals surface area contributed by atoms with Crippen molar-refractivity contribution in [1.29, 1.82) is 0 Å². The molecule has 2 aromatic rings. The Bertz CT molecular complexity index is 861. The summed E-state index contributed by atoms with van der Waals surface area (Å²) in [5.41, 5.74) is 2.96. The maximum atomic E-state index is 13.3. The van der Waals surface area contributed by atoms with Gasteiger partial charge < -0.3 is 10.6 Å². The van der Waals surface area contributed by atoms with E-state index in [2.05, 4.69) is 17.5 Å².